The summed E-state index contributed by atoms with van der Waals surface area (Å²) in [6.07, 6.45) is 3.70. The highest BCUT2D eigenvalue weighted by molar-refractivity contribution is 5.28. The van der Waals surface area contributed by atoms with Gasteiger partial charge in [0.2, 0.25) is 0 Å². The van der Waals surface area contributed by atoms with E-state index >= 15 is 0 Å². The molecule has 1 aromatic carbocycles. The lowest BCUT2D eigenvalue weighted by Gasteiger charge is -2.20. The summed E-state index contributed by atoms with van der Waals surface area (Å²) in [5, 5.41) is 9.36. The molecule has 17 heavy (non-hydrogen) atoms. The number of halogens is 1. The molecule has 0 aromatic heterocycles. The molecule has 0 saturated carbocycles. The first-order valence-electron chi connectivity index (χ1n) is 6.34. The molecule has 0 spiro atoms. The molecule has 0 bridgehead atoms. The second-order valence-corrected chi connectivity index (χ2v) is 5.13. The van der Waals surface area contributed by atoms with Gasteiger partial charge in [0.05, 0.1) is 0 Å². The Balaban J connectivity index is 1.99. The maximum absolute atomic E-state index is 13.1. The van der Waals surface area contributed by atoms with Crippen LogP contribution in [0.5, 0.6) is 5.75 Å². The van der Waals surface area contributed by atoms with Crippen LogP contribution in [0.4, 0.5) is 4.39 Å². The second-order valence-electron chi connectivity index (χ2n) is 5.13. The van der Waals surface area contributed by atoms with E-state index in [2.05, 4.69) is 11.8 Å². The molecule has 3 heteroatoms. The van der Waals surface area contributed by atoms with Crippen molar-refractivity contribution in [2.24, 2.45) is 5.92 Å². The van der Waals surface area contributed by atoms with Crippen molar-refractivity contribution in [2.45, 2.75) is 32.7 Å². The van der Waals surface area contributed by atoms with Crippen molar-refractivity contribution in [3.8, 4) is 5.75 Å². The number of likely N-dealkylation sites (tertiary alicyclic amines) is 1. The predicted molar refractivity (Wildman–Crippen MR) is 66.4 cm³/mol. The Bertz CT molecular complexity index is 360. The van der Waals surface area contributed by atoms with Gasteiger partial charge in [0, 0.05) is 12.6 Å². The minimum absolute atomic E-state index is 0.0168. The summed E-state index contributed by atoms with van der Waals surface area (Å²) in [4.78, 5) is 2.34. The molecule has 1 unspecified atom stereocenters. The highest BCUT2D eigenvalue weighted by Gasteiger charge is 2.14. The van der Waals surface area contributed by atoms with Crippen LogP contribution in [0.15, 0.2) is 18.2 Å². The van der Waals surface area contributed by atoms with Gasteiger partial charge in [-0.25, -0.2) is 4.39 Å². The Kier molecular flexibility index (Phi) is 4.00. The van der Waals surface area contributed by atoms with E-state index in [1.165, 1.54) is 25.3 Å². The molecule has 1 fully saturated rings. The second kappa shape index (κ2) is 5.50. The van der Waals surface area contributed by atoms with Crippen molar-refractivity contribution in [2.75, 3.05) is 13.1 Å². The summed E-state index contributed by atoms with van der Waals surface area (Å²) >= 11 is 0. The fraction of sp³-hybridized carbons (Fsp3) is 0.571. The Hall–Kier alpha value is -1.09. The number of phenols is 1. The molecule has 0 amide bonds. The third kappa shape index (κ3) is 3.70. The Morgan fingerprint density at radius 1 is 1.29 bits per heavy atom. The molecule has 1 aliphatic rings. The maximum atomic E-state index is 13.1. The molecule has 1 N–H and O–H groups in total. The van der Waals surface area contributed by atoms with Crippen LogP contribution in [0.1, 0.15) is 31.7 Å². The van der Waals surface area contributed by atoms with E-state index in [0.717, 1.165) is 37.2 Å². The first kappa shape index (κ1) is 12.4. The minimum atomic E-state index is -0.358. The van der Waals surface area contributed by atoms with Gasteiger partial charge in [-0.1, -0.05) is 6.92 Å². The Morgan fingerprint density at radius 3 is 2.88 bits per heavy atom. The van der Waals surface area contributed by atoms with Crippen molar-refractivity contribution < 1.29 is 9.50 Å². The van der Waals surface area contributed by atoms with E-state index in [0.29, 0.717) is 0 Å². The standard InChI is InChI=1S/C14H20FNO/c1-11-3-2-5-16(6-4-11)10-12-7-13(15)9-14(17)8-12/h7-9,11,17H,2-6,10H2,1H3. The number of aromatic hydroxyl groups is 1. The van der Waals surface area contributed by atoms with Gasteiger partial charge in [-0.15, -0.1) is 0 Å². The minimum Gasteiger partial charge on any atom is -0.508 e. The fourth-order valence-electron chi connectivity index (χ4n) is 2.46. The molecular weight excluding hydrogens is 217 g/mol. The molecule has 2 nitrogen and oxygen atoms in total. The summed E-state index contributed by atoms with van der Waals surface area (Å²) in [5.74, 6) is 0.451. The summed E-state index contributed by atoms with van der Waals surface area (Å²) in [5.41, 5.74) is 0.858. The molecular formula is C14H20FNO. The highest BCUT2D eigenvalue weighted by Crippen LogP contribution is 2.20. The van der Waals surface area contributed by atoms with Gasteiger partial charge in [-0.2, -0.15) is 0 Å². The molecule has 1 aliphatic heterocycles. The topological polar surface area (TPSA) is 23.5 Å². The Labute approximate surface area is 102 Å². The van der Waals surface area contributed by atoms with Crippen LogP contribution >= 0.6 is 0 Å². The van der Waals surface area contributed by atoms with Crippen molar-refractivity contribution in [3.63, 3.8) is 0 Å². The van der Waals surface area contributed by atoms with Gasteiger partial charge in [0.15, 0.2) is 0 Å². The molecule has 1 saturated heterocycles. The van der Waals surface area contributed by atoms with Crippen LogP contribution in [0.3, 0.4) is 0 Å². The molecule has 1 atom stereocenters. The summed E-state index contributed by atoms with van der Waals surface area (Å²) in [6.45, 7) is 5.16. The third-order valence-electron chi connectivity index (χ3n) is 3.46. The van der Waals surface area contributed by atoms with Gasteiger partial charge in [-0.3, -0.25) is 4.90 Å². The van der Waals surface area contributed by atoms with Crippen LogP contribution in [0.25, 0.3) is 0 Å². The summed E-state index contributed by atoms with van der Waals surface area (Å²) in [6, 6.07) is 4.30. The predicted octanol–water partition coefficient (Wildman–Crippen LogP) is 3.15. The summed E-state index contributed by atoms with van der Waals surface area (Å²) < 4.78 is 13.1. The smallest absolute Gasteiger partial charge is 0.127 e. The van der Waals surface area contributed by atoms with E-state index in [1.54, 1.807) is 6.07 Å². The van der Waals surface area contributed by atoms with E-state index in [4.69, 9.17) is 0 Å². The quantitative estimate of drug-likeness (QED) is 0.854. The lowest BCUT2D eigenvalue weighted by atomic mass is 10.0. The molecule has 2 rings (SSSR count). The number of phenolic OH excluding ortho intramolecular Hbond substituents is 1. The highest BCUT2D eigenvalue weighted by atomic mass is 19.1. The molecule has 0 aliphatic carbocycles. The van der Waals surface area contributed by atoms with Crippen molar-refractivity contribution >= 4 is 0 Å². The average molecular weight is 237 g/mol. The van der Waals surface area contributed by atoms with Crippen molar-refractivity contribution in [3.05, 3.63) is 29.6 Å². The van der Waals surface area contributed by atoms with Crippen LogP contribution in [-0.4, -0.2) is 23.1 Å². The van der Waals surface area contributed by atoms with Crippen LogP contribution < -0.4 is 0 Å². The van der Waals surface area contributed by atoms with Crippen LogP contribution in [0, 0.1) is 11.7 Å². The van der Waals surface area contributed by atoms with Crippen LogP contribution in [0.2, 0.25) is 0 Å². The monoisotopic (exact) mass is 237 g/mol. The van der Waals surface area contributed by atoms with E-state index in [1.807, 2.05) is 0 Å². The lowest BCUT2D eigenvalue weighted by Crippen LogP contribution is -2.24. The van der Waals surface area contributed by atoms with E-state index in [9.17, 15) is 9.50 Å². The van der Waals surface area contributed by atoms with E-state index < -0.39 is 0 Å². The largest absolute Gasteiger partial charge is 0.508 e. The lowest BCUT2D eigenvalue weighted by molar-refractivity contribution is 0.273. The zero-order chi connectivity index (χ0) is 12.3. The normalized spacial score (nSPS) is 22.4. The zero-order valence-electron chi connectivity index (χ0n) is 10.3. The first-order valence-corrected chi connectivity index (χ1v) is 6.34. The van der Waals surface area contributed by atoms with Crippen LogP contribution in [-0.2, 0) is 6.54 Å². The van der Waals surface area contributed by atoms with Crippen molar-refractivity contribution in [1.29, 1.82) is 0 Å². The molecule has 94 valence electrons. The third-order valence-corrected chi connectivity index (χ3v) is 3.46. The average Bonchev–Trinajstić information content (AvgIpc) is 2.42. The molecule has 1 heterocycles. The molecule has 1 aromatic rings. The van der Waals surface area contributed by atoms with Gasteiger partial charge in [0.25, 0.3) is 0 Å². The van der Waals surface area contributed by atoms with Gasteiger partial charge >= 0.3 is 0 Å². The molecule has 0 radical (unpaired) electrons. The van der Waals surface area contributed by atoms with Gasteiger partial charge in [-0.05, 0) is 56.0 Å². The van der Waals surface area contributed by atoms with Gasteiger partial charge in [0.1, 0.15) is 11.6 Å². The maximum Gasteiger partial charge on any atom is 0.127 e. The SMILES string of the molecule is CC1CCCN(Cc2cc(O)cc(F)c2)CC1. The van der Waals surface area contributed by atoms with Gasteiger partial charge < -0.3 is 5.11 Å². The first-order chi connectivity index (χ1) is 8.13. The van der Waals surface area contributed by atoms with Crippen molar-refractivity contribution in [1.82, 2.24) is 4.90 Å². The number of benzene rings is 1. The number of nitrogens with zero attached hydrogens (tertiary/aromatic N) is 1. The number of rotatable bonds is 2. The number of hydrogen-bond donors (Lipinski definition) is 1. The Morgan fingerprint density at radius 2 is 2.12 bits per heavy atom. The summed E-state index contributed by atoms with van der Waals surface area (Å²) in [7, 11) is 0. The number of hydrogen-bond acceptors (Lipinski definition) is 2. The van der Waals surface area contributed by atoms with E-state index in [-0.39, 0.29) is 11.6 Å². The fourth-order valence-corrected chi connectivity index (χ4v) is 2.46. The zero-order valence-corrected chi connectivity index (χ0v) is 10.3.